The van der Waals surface area contributed by atoms with Gasteiger partial charge in [0.1, 0.15) is 0 Å². The lowest BCUT2D eigenvalue weighted by molar-refractivity contribution is 0.0643. The zero-order valence-corrected chi connectivity index (χ0v) is 7.40. The first-order valence-corrected chi connectivity index (χ1v) is 4.87. The van der Waals surface area contributed by atoms with E-state index in [1.165, 1.54) is 45.3 Å². The Balaban J connectivity index is 2.12. The lowest BCUT2D eigenvalue weighted by Crippen LogP contribution is -2.59. The van der Waals surface area contributed by atoms with Crippen LogP contribution < -0.4 is 5.32 Å². The van der Waals surface area contributed by atoms with Crippen LogP contribution in [0.5, 0.6) is 0 Å². The first kappa shape index (κ1) is 7.56. The van der Waals surface area contributed by atoms with Gasteiger partial charge in [0.15, 0.2) is 0 Å². The van der Waals surface area contributed by atoms with Crippen molar-refractivity contribution in [3.05, 3.63) is 0 Å². The number of nitrogens with one attached hydrogen (secondary N) is 1. The molecule has 2 aliphatic heterocycles. The highest BCUT2D eigenvalue weighted by Gasteiger charge is 2.40. The van der Waals surface area contributed by atoms with Crippen molar-refractivity contribution >= 4 is 0 Å². The van der Waals surface area contributed by atoms with Gasteiger partial charge in [0.2, 0.25) is 0 Å². The summed E-state index contributed by atoms with van der Waals surface area (Å²) in [5.74, 6) is 0. The molecular weight excluding hydrogens is 136 g/mol. The molecule has 0 saturated carbocycles. The number of nitrogens with zero attached hydrogens (tertiary/aromatic N) is 1. The minimum atomic E-state index is 0.415. The number of rotatable bonds is 1. The molecule has 0 aromatic carbocycles. The van der Waals surface area contributed by atoms with Gasteiger partial charge in [-0.2, -0.15) is 0 Å². The van der Waals surface area contributed by atoms with E-state index < -0.39 is 0 Å². The molecule has 64 valence electrons. The summed E-state index contributed by atoms with van der Waals surface area (Å²) in [6.07, 6.45) is 5.36. The maximum Gasteiger partial charge on any atom is 0.0710 e. The molecule has 2 nitrogen and oxygen atoms in total. The summed E-state index contributed by atoms with van der Waals surface area (Å²) in [5.41, 5.74) is 0.415. The molecule has 2 rings (SSSR count). The quantitative estimate of drug-likeness (QED) is 0.610. The van der Waals surface area contributed by atoms with Crippen molar-refractivity contribution in [1.29, 1.82) is 0 Å². The van der Waals surface area contributed by atoms with Crippen LogP contribution >= 0.6 is 0 Å². The Labute approximate surface area is 69.0 Å². The number of fused-ring (bicyclic) bond motifs is 1. The highest BCUT2D eigenvalue weighted by Crippen LogP contribution is 2.31. The molecule has 2 saturated heterocycles. The minimum absolute atomic E-state index is 0.415. The molecule has 2 heteroatoms. The molecular formula is C9H18N2. The maximum absolute atomic E-state index is 3.67. The molecule has 0 aromatic rings. The Morgan fingerprint density at radius 3 is 2.91 bits per heavy atom. The lowest BCUT2D eigenvalue weighted by atomic mass is 10.0. The van der Waals surface area contributed by atoms with Gasteiger partial charge in [-0.3, -0.25) is 10.2 Å². The minimum Gasteiger partial charge on any atom is -0.299 e. The van der Waals surface area contributed by atoms with E-state index in [-0.39, 0.29) is 0 Å². The Morgan fingerprint density at radius 1 is 1.36 bits per heavy atom. The summed E-state index contributed by atoms with van der Waals surface area (Å²) >= 11 is 0. The van der Waals surface area contributed by atoms with E-state index in [4.69, 9.17) is 0 Å². The van der Waals surface area contributed by atoms with Crippen molar-refractivity contribution in [2.24, 2.45) is 0 Å². The van der Waals surface area contributed by atoms with E-state index in [0.717, 1.165) is 0 Å². The Hall–Kier alpha value is -0.0800. The zero-order chi connectivity index (χ0) is 7.73. The fraction of sp³-hybridized carbons (Fsp3) is 1.00. The molecule has 1 N–H and O–H groups in total. The molecule has 1 unspecified atom stereocenters. The van der Waals surface area contributed by atoms with Crippen molar-refractivity contribution in [3.8, 4) is 0 Å². The van der Waals surface area contributed by atoms with Gasteiger partial charge in [-0.1, -0.05) is 6.92 Å². The summed E-state index contributed by atoms with van der Waals surface area (Å²) < 4.78 is 0. The molecule has 0 bridgehead atoms. The molecule has 0 aliphatic carbocycles. The summed E-state index contributed by atoms with van der Waals surface area (Å²) in [6, 6.07) is 0. The van der Waals surface area contributed by atoms with Crippen molar-refractivity contribution < 1.29 is 0 Å². The lowest BCUT2D eigenvalue weighted by Gasteiger charge is -2.42. The second kappa shape index (κ2) is 2.76. The van der Waals surface area contributed by atoms with E-state index in [1.54, 1.807) is 0 Å². The van der Waals surface area contributed by atoms with Crippen LogP contribution in [0.4, 0.5) is 0 Å². The van der Waals surface area contributed by atoms with Gasteiger partial charge in [-0.05, 0) is 32.2 Å². The largest absolute Gasteiger partial charge is 0.299 e. The second-order valence-corrected chi connectivity index (χ2v) is 3.76. The SMILES string of the molecule is CCC12CCCN1CCCN2. The highest BCUT2D eigenvalue weighted by atomic mass is 15.4. The molecule has 2 heterocycles. The highest BCUT2D eigenvalue weighted by molar-refractivity contribution is 4.94. The van der Waals surface area contributed by atoms with Gasteiger partial charge in [-0.25, -0.2) is 0 Å². The molecule has 0 aromatic heterocycles. The van der Waals surface area contributed by atoms with E-state index in [9.17, 15) is 0 Å². The predicted molar refractivity (Wildman–Crippen MR) is 46.4 cm³/mol. The van der Waals surface area contributed by atoms with Crippen molar-refractivity contribution in [3.63, 3.8) is 0 Å². The van der Waals surface area contributed by atoms with Crippen molar-refractivity contribution in [1.82, 2.24) is 10.2 Å². The van der Waals surface area contributed by atoms with Crippen molar-refractivity contribution in [2.45, 2.75) is 38.3 Å². The molecule has 0 spiro atoms. The van der Waals surface area contributed by atoms with E-state index in [0.29, 0.717) is 5.66 Å². The first-order chi connectivity index (χ1) is 5.37. The molecule has 2 fully saturated rings. The standard InChI is InChI=1S/C9H18N2/c1-2-9-5-3-7-11(9)8-4-6-10-9/h10H,2-8H2,1H3. The third kappa shape index (κ3) is 1.09. The summed E-state index contributed by atoms with van der Waals surface area (Å²) in [4.78, 5) is 2.64. The van der Waals surface area contributed by atoms with Gasteiger partial charge in [0.25, 0.3) is 0 Å². The third-order valence-corrected chi connectivity index (χ3v) is 3.27. The van der Waals surface area contributed by atoms with Gasteiger partial charge >= 0.3 is 0 Å². The smallest absolute Gasteiger partial charge is 0.0710 e. The van der Waals surface area contributed by atoms with Gasteiger partial charge in [0.05, 0.1) is 5.66 Å². The summed E-state index contributed by atoms with van der Waals surface area (Å²) in [6.45, 7) is 6.17. The van der Waals surface area contributed by atoms with Gasteiger partial charge < -0.3 is 0 Å². The monoisotopic (exact) mass is 154 g/mol. The topological polar surface area (TPSA) is 15.3 Å². The predicted octanol–water partition coefficient (Wildman–Crippen LogP) is 1.18. The van der Waals surface area contributed by atoms with Crippen LogP contribution in [0.3, 0.4) is 0 Å². The van der Waals surface area contributed by atoms with Crippen LogP contribution in [-0.4, -0.2) is 30.2 Å². The fourth-order valence-electron chi connectivity index (χ4n) is 2.58. The Morgan fingerprint density at radius 2 is 2.18 bits per heavy atom. The molecule has 0 radical (unpaired) electrons. The molecule has 1 atom stereocenters. The molecule has 2 aliphatic rings. The Bertz CT molecular complexity index is 146. The van der Waals surface area contributed by atoms with Crippen LogP contribution in [0.1, 0.15) is 32.6 Å². The summed E-state index contributed by atoms with van der Waals surface area (Å²) in [7, 11) is 0. The van der Waals surface area contributed by atoms with Crippen LogP contribution in [-0.2, 0) is 0 Å². The molecule has 0 amide bonds. The van der Waals surface area contributed by atoms with Gasteiger partial charge in [-0.15, -0.1) is 0 Å². The molecule has 11 heavy (non-hydrogen) atoms. The summed E-state index contributed by atoms with van der Waals surface area (Å²) in [5, 5.41) is 3.67. The average molecular weight is 154 g/mol. The Kier molecular flexibility index (Phi) is 1.90. The zero-order valence-electron chi connectivity index (χ0n) is 7.40. The average Bonchev–Trinajstić information content (AvgIpc) is 2.48. The first-order valence-electron chi connectivity index (χ1n) is 4.87. The van der Waals surface area contributed by atoms with Crippen LogP contribution in [0.2, 0.25) is 0 Å². The van der Waals surface area contributed by atoms with Crippen LogP contribution in [0.15, 0.2) is 0 Å². The van der Waals surface area contributed by atoms with Crippen LogP contribution in [0.25, 0.3) is 0 Å². The van der Waals surface area contributed by atoms with E-state index in [2.05, 4.69) is 17.1 Å². The number of hydrogen-bond acceptors (Lipinski definition) is 2. The van der Waals surface area contributed by atoms with E-state index in [1.807, 2.05) is 0 Å². The maximum atomic E-state index is 3.67. The number of hydrogen-bond donors (Lipinski definition) is 1. The third-order valence-electron chi connectivity index (χ3n) is 3.27. The normalized spacial score (nSPS) is 39.0. The van der Waals surface area contributed by atoms with Crippen molar-refractivity contribution in [2.75, 3.05) is 19.6 Å². The second-order valence-electron chi connectivity index (χ2n) is 3.76. The van der Waals surface area contributed by atoms with Crippen LogP contribution in [0, 0.1) is 0 Å². The fourth-order valence-corrected chi connectivity index (χ4v) is 2.58. The van der Waals surface area contributed by atoms with Gasteiger partial charge in [0, 0.05) is 13.1 Å². The van der Waals surface area contributed by atoms with E-state index >= 15 is 0 Å².